The molecule has 0 spiro atoms. The van der Waals surface area contributed by atoms with Gasteiger partial charge in [-0.1, -0.05) is 26.0 Å². The summed E-state index contributed by atoms with van der Waals surface area (Å²) in [5.74, 6) is 0.730. The lowest BCUT2D eigenvalue weighted by Gasteiger charge is -2.56. The lowest BCUT2D eigenvalue weighted by molar-refractivity contribution is -0.00242. The average Bonchev–Trinajstić information content (AvgIpc) is 2.55. The van der Waals surface area contributed by atoms with Crippen LogP contribution in [0.4, 0.5) is 5.69 Å². The minimum absolute atomic E-state index is 0.127. The highest BCUT2D eigenvalue weighted by Crippen LogP contribution is 2.53. The summed E-state index contributed by atoms with van der Waals surface area (Å²) in [5.41, 5.74) is 10.4. The van der Waals surface area contributed by atoms with E-state index in [1.54, 1.807) is 5.57 Å². The molecule has 2 bridgehead atoms. The van der Waals surface area contributed by atoms with Crippen molar-refractivity contribution in [3.63, 3.8) is 0 Å². The van der Waals surface area contributed by atoms with Crippen LogP contribution >= 0.6 is 0 Å². The normalized spacial score (nSPS) is 27.8. The molecule has 24 heavy (non-hydrogen) atoms. The second-order valence-electron chi connectivity index (χ2n) is 7.97. The Morgan fingerprint density at radius 3 is 2.62 bits per heavy atom. The molecule has 2 atom stereocenters. The number of anilines is 1. The summed E-state index contributed by atoms with van der Waals surface area (Å²) in [7, 11) is 0. The Labute approximate surface area is 144 Å². The van der Waals surface area contributed by atoms with Crippen LogP contribution in [0, 0.1) is 11.3 Å². The Morgan fingerprint density at radius 2 is 1.88 bits per heavy atom. The molecular weight excluding hydrogens is 296 g/mol. The number of nitrogens with zero attached hydrogens (tertiary/aromatic N) is 1. The molecule has 1 aromatic carbocycles. The zero-order valence-electron chi connectivity index (χ0n) is 14.6. The van der Waals surface area contributed by atoms with Gasteiger partial charge in [-0.25, -0.2) is 0 Å². The van der Waals surface area contributed by atoms with E-state index in [1.807, 2.05) is 24.3 Å². The molecule has 1 amide bonds. The number of carbonyl (C=O) groups excluding carboxylic acids is 1. The minimum Gasteiger partial charge on any atom is -0.399 e. The Morgan fingerprint density at radius 1 is 1.17 bits per heavy atom. The number of likely N-dealkylation sites (tertiary alicyclic amines) is 1. The van der Waals surface area contributed by atoms with Gasteiger partial charge in [0.2, 0.25) is 0 Å². The topological polar surface area (TPSA) is 46.3 Å². The predicted octanol–water partition coefficient (Wildman–Crippen LogP) is 4.18. The highest BCUT2D eigenvalue weighted by molar-refractivity contribution is 5.95. The van der Waals surface area contributed by atoms with E-state index in [0.29, 0.717) is 11.6 Å². The van der Waals surface area contributed by atoms with Crippen molar-refractivity contribution in [2.24, 2.45) is 11.3 Å². The highest BCUT2D eigenvalue weighted by Gasteiger charge is 2.51. The molecule has 1 heterocycles. The third-order valence-corrected chi connectivity index (χ3v) is 6.29. The van der Waals surface area contributed by atoms with Crippen LogP contribution in [0.3, 0.4) is 0 Å². The fourth-order valence-electron chi connectivity index (χ4n) is 4.91. The van der Waals surface area contributed by atoms with Gasteiger partial charge in [-0.05, 0) is 72.4 Å². The summed E-state index contributed by atoms with van der Waals surface area (Å²) in [6.45, 7) is 5.54. The van der Waals surface area contributed by atoms with E-state index >= 15 is 0 Å². The van der Waals surface area contributed by atoms with Gasteiger partial charge in [0, 0.05) is 23.8 Å². The van der Waals surface area contributed by atoms with Gasteiger partial charge in [0.1, 0.15) is 0 Å². The largest absolute Gasteiger partial charge is 0.399 e. The van der Waals surface area contributed by atoms with Crippen LogP contribution in [0.1, 0.15) is 49.9 Å². The molecule has 1 saturated heterocycles. The maximum absolute atomic E-state index is 13.1. The molecule has 1 saturated carbocycles. The van der Waals surface area contributed by atoms with Gasteiger partial charge in [0.15, 0.2) is 0 Å². The second-order valence-corrected chi connectivity index (χ2v) is 7.97. The van der Waals surface area contributed by atoms with E-state index < -0.39 is 0 Å². The fourth-order valence-corrected chi connectivity index (χ4v) is 4.91. The molecule has 2 fully saturated rings. The van der Waals surface area contributed by atoms with Crippen LogP contribution in [0.25, 0.3) is 0 Å². The van der Waals surface area contributed by atoms with E-state index in [4.69, 9.17) is 5.73 Å². The third-order valence-electron chi connectivity index (χ3n) is 6.29. The lowest BCUT2D eigenvalue weighted by atomic mass is 9.57. The lowest BCUT2D eigenvalue weighted by Crippen LogP contribution is -2.59. The highest BCUT2D eigenvalue weighted by atomic mass is 16.2. The van der Waals surface area contributed by atoms with Gasteiger partial charge >= 0.3 is 0 Å². The molecule has 1 aliphatic heterocycles. The van der Waals surface area contributed by atoms with E-state index in [2.05, 4.69) is 30.9 Å². The van der Waals surface area contributed by atoms with Crippen LogP contribution in [0.2, 0.25) is 0 Å². The van der Waals surface area contributed by atoms with Crippen LogP contribution in [-0.2, 0) is 0 Å². The van der Waals surface area contributed by atoms with Crippen LogP contribution in [-0.4, -0.2) is 23.4 Å². The number of amides is 1. The van der Waals surface area contributed by atoms with Crippen molar-refractivity contribution in [2.75, 3.05) is 12.3 Å². The van der Waals surface area contributed by atoms with Crippen molar-refractivity contribution >= 4 is 11.6 Å². The van der Waals surface area contributed by atoms with Gasteiger partial charge in [-0.3, -0.25) is 4.79 Å². The molecular formula is C21H26N2O. The van der Waals surface area contributed by atoms with Crippen LogP contribution in [0.5, 0.6) is 0 Å². The van der Waals surface area contributed by atoms with Crippen molar-refractivity contribution < 1.29 is 4.79 Å². The predicted molar refractivity (Wildman–Crippen MR) is 97.6 cm³/mol. The Kier molecular flexibility index (Phi) is 3.56. The number of nitrogen functional groups attached to an aromatic ring is 1. The van der Waals surface area contributed by atoms with Gasteiger partial charge in [0.25, 0.3) is 5.91 Å². The average molecular weight is 322 g/mol. The minimum atomic E-state index is 0.127. The molecule has 3 nitrogen and oxygen atoms in total. The second kappa shape index (κ2) is 5.51. The zero-order valence-corrected chi connectivity index (χ0v) is 14.6. The van der Waals surface area contributed by atoms with Crippen LogP contribution in [0.15, 0.2) is 47.6 Å². The molecule has 4 rings (SSSR count). The summed E-state index contributed by atoms with van der Waals surface area (Å²) in [5, 5.41) is 0. The van der Waals surface area contributed by atoms with E-state index in [-0.39, 0.29) is 17.4 Å². The number of hydrogen-bond acceptors (Lipinski definition) is 2. The van der Waals surface area contributed by atoms with Crippen molar-refractivity contribution in [1.82, 2.24) is 4.90 Å². The first kappa shape index (κ1) is 15.5. The molecule has 126 valence electrons. The molecule has 3 aliphatic rings. The van der Waals surface area contributed by atoms with Crippen molar-refractivity contribution in [3.05, 3.63) is 53.1 Å². The number of piperidine rings is 1. The van der Waals surface area contributed by atoms with Gasteiger partial charge < -0.3 is 10.6 Å². The first-order valence-corrected chi connectivity index (χ1v) is 9.04. The number of carbonyl (C=O) groups is 1. The summed E-state index contributed by atoms with van der Waals surface area (Å²) in [4.78, 5) is 15.2. The third kappa shape index (κ3) is 2.29. The Balaban J connectivity index is 1.67. The maximum Gasteiger partial charge on any atom is 0.254 e. The number of nitrogens with two attached hydrogens (primary N) is 1. The maximum atomic E-state index is 13.1. The number of allylic oxidation sites excluding steroid dienone is 3. The number of benzene rings is 1. The molecule has 1 aromatic rings. The van der Waals surface area contributed by atoms with Crippen molar-refractivity contribution in [1.29, 1.82) is 0 Å². The summed E-state index contributed by atoms with van der Waals surface area (Å²) in [6.07, 6.45) is 9.23. The molecule has 2 aliphatic carbocycles. The van der Waals surface area contributed by atoms with E-state index in [0.717, 1.165) is 31.4 Å². The smallest absolute Gasteiger partial charge is 0.254 e. The van der Waals surface area contributed by atoms with Gasteiger partial charge in [-0.15, -0.1) is 0 Å². The number of fused-ring (bicyclic) bond motifs is 4. The van der Waals surface area contributed by atoms with E-state index in [9.17, 15) is 4.79 Å². The molecule has 3 heteroatoms. The van der Waals surface area contributed by atoms with Gasteiger partial charge in [0.05, 0.1) is 0 Å². The molecule has 0 unspecified atom stereocenters. The monoisotopic (exact) mass is 322 g/mol. The Hall–Kier alpha value is -2.03. The molecule has 0 aromatic heterocycles. The SMILES string of the molecule is CC1(C)[C@H]2CCN(C(=O)c3ccc(N)cc3)[C@@H]1CC1=CCCC=C12. The Bertz CT molecular complexity index is 727. The quantitative estimate of drug-likeness (QED) is 0.789. The summed E-state index contributed by atoms with van der Waals surface area (Å²) in [6, 6.07) is 7.62. The first-order valence-electron chi connectivity index (χ1n) is 9.04. The summed E-state index contributed by atoms with van der Waals surface area (Å²) < 4.78 is 0. The van der Waals surface area contributed by atoms with Crippen molar-refractivity contribution in [2.45, 2.75) is 45.6 Å². The zero-order chi connectivity index (χ0) is 16.9. The number of hydrogen-bond donors (Lipinski definition) is 1. The summed E-state index contributed by atoms with van der Waals surface area (Å²) >= 11 is 0. The molecule has 2 N–H and O–H groups in total. The van der Waals surface area contributed by atoms with E-state index in [1.165, 1.54) is 12.0 Å². The fraction of sp³-hybridized carbons (Fsp3) is 0.476. The standard InChI is InChI=1S/C21H26N2O/c1-21(2)18-11-12-23(20(24)14-7-9-16(22)10-8-14)19(21)13-15-5-3-4-6-17(15)18/h5-10,18-19H,3-4,11-13,22H2,1-2H3/t18-,19+/m0/s1. The van der Waals surface area contributed by atoms with Gasteiger partial charge in [-0.2, -0.15) is 0 Å². The molecule has 0 radical (unpaired) electrons. The number of rotatable bonds is 1. The van der Waals surface area contributed by atoms with Crippen molar-refractivity contribution in [3.8, 4) is 0 Å². The first-order chi connectivity index (χ1) is 11.5. The van der Waals surface area contributed by atoms with Crippen LogP contribution < -0.4 is 5.73 Å².